The summed E-state index contributed by atoms with van der Waals surface area (Å²) in [4.78, 5) is 27.8. The highest BCUT2D eigenvalue weighted by Gasteiger charge is 2.19. The van der Waals surface area contributed by atoms with Crippen LogP contribution in [0.1, 0.15) is 28.8 Å². The van der Waals surface area contributed by atoms with E-state index in [1.807, 2.05) is 30.3 Å². The molecule has 1 aliphatic rings. The van der Waals surface area contributed by atoms with Gasteiger partial charge in [0.2, 0.25) is 0 Å². The molecule has 3 aromatic rings. The summed E-state index contributed by atoms with van der Waals surface area (Å²) < 4.78 is 5.36. The molecule has 0 atom stereocenters. The monoisotopic (exact) mass is 478 g/mol. The zero-order valence-corrected chi connectivity index (χ0v) is 19.7. The first-order valence-corrected chi connectivity index (χ1v) is 11.5. The number of carbonyl (C=O) groups is 2. The highest BCUT2D eigenvalue weighted by molar-refractivity contribution is 6.30. The molecule has 0 radical (unpaired) electrons. The molecule has 0 saturated carbocycles. The molecule has 34 heavy (non-hydrogen) atoms. The second-order valence-corrected chi connectivity index (χ2v) is 8.44. The van der Waals surface area contributed by atoms with Crippen molar-refractivity contribution in [3.8, 4) is 5.75 Å². The van der Waals surface area contributed by atoms with Crippen LogP contribution >= 0.6 is 11.6 Å². The number of para-hydroxylation sites is 1. The first-order chi connectivity index (χ1) is 16.5. The summed E-state index contributed by atoms with van der Waals surface area (Å²) in [5.41, 5.74) is 3.44. The summed E-state index contributed by atoms with van der Waals surface area (Å²) in [6.45, 7) is 2.15. The molecule has 1 aliphatic heterocycles. The van der Waals surface area contributed by atoms with Gasteiger partial charge in [-0.25, -0.2) is 4.79 Å². The number of nitrogens with zero attached hydrogens (tertiary/aromatic N) is 1. The molecule has 1 heterocycles. The van der Waals surface area contributed by atoms with E-state index in [0.29, 0.717) is 34.3 Å². The van der Waals surface area contributed by atoms with Crippen LogP contribution in [-0.4, -0.2) is 32.1 Å². The third-order valence-corrected chi connectivity index (χ3v) is 5.94. The normalized spacial score (nSPS) is 12.8. The predicted octanol–water partition coefficient (Wildman–Crippen LogP) is 5.52. The van der Waals surface area contributed by atoms with Crippen molar-refractivity contribution in [1.82, 2.24) is 5.32 Å². The molecule has 1 saturated heterocycles. The molecule has 3 N–H and O–H groups in total. The molecule has 8 heteroatoms. The van der Waals surface area contributed by atoms with Gasteiger partial charge in [-0.1, -0.05) is 29.8 Å². The number of halogens is 1. The van der Waals surface area contributed by atoms with Crippen LogP contribution in [0.5, 0.6) is 5.75 Å². The average molecular weight is 479 g/mol. The summed E-state index contributed by atoms with van der Waals surface area (Å²) in [6.07, 6.45) is 2.19. The lowest BCUT2D eigenvalue weighted by Gasteiger charge is -2.22. The maximum atomic E-state index is 12.9. The maximum Gasteiger partial charge on any atom is 0.323 e. The Morgan fingerprint density at radius 2 is 1.71 bits per heavy atom. The second kappa shape index (κ2) is 10.9. The fraction of sp³-hybridized carbons (Fsp3) is 0.231. The molecule has 7 nitrogen and oxygen atoms in total. The number of rotatable bonds is 7. The van der Waals surface area contributed by atoms with Crippen molar-refractivity contribution in [2.24, 2.45) is 0 Å². The lowest BCUT2D eigenvalue weighted by molar-refractivity contribution is 0.0950. The number of benzene rings is 3. The fourth-order valence-electron chi connectivity index (χ4n) is 3.96. The van der Waals surface area contributed by atoms with Gasteiger partial charge in [0, 0.05) is 41.5 Å². The van der Waals surface area contributed by atoms with Gasteiger partial charge < -0.3 is 25.6 Å². The van der Waals surface area contributed by atoms with Gasteiger partial charge in [0.1, 0.15) is 5.75 Å². The van der Waals surface area contributed by atoms with Crippen molar-refractivity contribution < 1.29 is 14.3 Å². The number of methoxy groups -OCH3 is 1. The first kappa shape index (κ1) is 23.4. The van der Waals surface area contributed by atoms with E-state index < -0.39 is 6.03 Å². The van der Waals surface area contributed by atoms with Crippen LogP contribution < -0.4 is 25.6 Å². The van der Waals surface area contributed by atoms with Crippen LogP contribution in [-0.2, 0) is 6.54 Å². The molecule has 3 amide bonds. The number of anilines is 3. The molecule has 0 bridgehead atoms. The summed E-state index contributed by atoms with van der Waals surface area (Å²) in [7, 11) is 1.60. The zero-order valence-electron chi connectivity index (χ0n) is 18.9. The van der Waals surface area contributed by atoms with Gasteiger partial charge in [0.15, 0.2) is 0 Å². The minimum absolute atomic E-state index is 0.236. The number of carbonyl (C=O) groups excluding carboxylic acids is 2. The van der Waals surface area contributed by atoms with Crippen LogP contribution in [0.3, 0.4) is 0 Å². The van der Waals surface area contributed by atoms with Gasteiger partial charge in [-0.3, -0.25) is 4.79 Å². The van der Waals surface area contributed by atoms with Gasteiger partial charge in [0.25, 0.3) is 5.91 Å². The molecule has 0 aliphatic carbocycles. The average Bonchev–Trinajstić information content (AvgIpc) is 3.39. The van der Waals surface area contributed by atoms with Crippen molar-refractivity contribution in [2.75, 3.05) is 35.7 Å². The SMILES string of the molecule is COc1ccccc1CNC(=O)c1ccc(N2CCCC2)c(NC(=O)Nc2ccc(Cl)cc2)c1. The van der Waals surface area contributed by atoms with Crippen molar-refractivity contribution in [3.63, 3.8) is 0 Å². The molecule has 0 spiro atoms. The fourth-order valence-corrected chi connectivity index (χ4v) is 4.08. The summed E-state index contributed by atoms with van der Waals surface area (Å²) in [6, 6.07) is 19.4. The highest BCUT2D eigenvalue weighted by atomic mass is 35.5. The van der Waals surface area contributed by atoms with Gasteiger partial charge >= 0.3 is 6.03 Å². The molecule has 0 aromatic heterocycles. The lowest BCUT2D eigenvalue weighted by atomic mass is 10.1. The van der Waals surface area contributed by atoms with Crippen LogP contribution in [0.15, 0.2) is 66.7 Å². The standard InChI is InChI=1S/C26H27ClN4O3/c1-34-24-7-3-2-6-19(24)17-28-25(32)18-8-13-23(31-14-4-5-15-31)22(16-18)30-26(33)29-21-11-9-20(27)10-12-21/h2-3,6-13,16H,4-5,14-15,17H2,1H3,(H,28,32)(H2,29,30,33). The van der Waals surface area contributed by atoms with Gasteiger partial charge in [-0.05, 0) is 61.4 Å². The Balaban J connectivity index is 1.51. The van der Waals surface area contributed by atoms with Gasteiger partial charge in [-0.15, -0.1) is 0 Å². The van der Waals surface area contributed by atoms with Crippen LogP contribution in [0.25, 0.3) is 0 Å². The van der Waals surface area contributed by atoms with E-state index in [1.165, 1.54) is 0 Å². The number of nitrogens with one attached hydrogen (secondary N) is 3. The van der Waals surface area contributed by atoms with Crippen molar-refractivity contribution in [2.45, 2.75) is 19.4 Å². The van der Waals surface area contributed by atoms with Gasteiger partial charge in [-0.2, -0.15) is 0 Å². The molecule has 176 valence electrons. The minimum Gasteiger partial charge on any atom is -0.496 e. The van der Waals surface area contributed by atoms with Crippen LogP contribution in [0.4, 0.5) is 21.9 Å². The van der Waals surface area contributed by atoms with Gasteiger partial charge in [0.05, 0.1) is 18.5 Å². The Morgan fingerprint density at radius 1 is 0.971 bits per heavy atom. The third-order valence-electron chi connectivity index (χ3n) is 5.69. The number of hydrogen-bond acceptors (Lipinski definition) is 4. The van der Waals surface area contributed by atoms with E-state index >= 15 is 0 Å². The third kappa shape index (κ3) is 5.80. The van der Waals surface area contributed by atoms with Crippen molar-refractivity contribution >= 4 is 40.6 Å². The molecular formula is C26H27ClN4O3. The lowest BCUT2D eigenvalue weighted by Crippen LogP contribution is -2.26. The Labute approximate surface area is 204 Å². The summed E-state index contributed by atoms with van der Waals surface area (Å²) >= 11 is 5.92. The molecule has 0 unspecified atom stereocenters. The van der Waals surface area contributed by atoms with E-state index in [1.54, 1.807) is 43.5 Å². The molecule has 4 rings (SSSR count). The zero-order chi connectivity index (χ0) is 23.9. The minimum atomic E-state index is -0.394. The Bertz CT molecular complexity index is 1160. The maximum absolute atomic E-state index is 12.9. The van der Waals surface area contributed by atoms with E-state index in [4.69, 9.17) is 16.3 Å². The van der Waals surface area contributed by atoms with E-state index in [2.05, 4.69) is 20.9 Å². The quantitative estimate of drug-likeness (QED) is 0.417. The first-order valence-electron chi connectivity index (χ1n) is 11.2. The number of amides is 3. The Hall–Kier alpha value is -3.71. The van der Waals surface area contributed by atoms with E-state index in [9.17, 15) is 9.59 Å². The van der Waals surface area contributed by atoms with Crippen molar-refractivity contribution in [3.05, 3.63) is 82.9 Å². The number of urea groups is 1. The summed E-state index contributed by atoms with van der Waals surface area (Å²) in [5, 5.41) is 9.24. The van der Waals surface area contributed by atoms with Crippen LogP contribution in [0, 0.1) is 0 Å². The topological polar surface area (TPSA) is 82.7 Å². The summed E-state index contributed by atoms with van der Waals surface area (Å²) in [5.74, 6) is 0.480. The molecule has 1 fully saturated rings. The largest absolute Gasteiger partial charge is 0.496 e. The number of ether oxygens (including phenoxy) is 1. The molecule has 3 aromatic carbocycles. The van der Waals surface area contributed by atoms with E-state index in [-0.39, 0.29) is 5.91 Å². The smallest absolute Gasteiger partial charge is 0.323 e. The van der Waals surface area contributed by atoms with Crippen LogP contribution in [0.2, 0.25) is 5.02 Å². The molecular weight excluding hydrogens is 452 g/mol. The van der Waals surface area contributed by atoms with E-state index in [0.717, 1.165) is 37.2 Å². The number of hydrogen-bond donors (Lipinski definition) is 3. The Morgan fingerprint density at radius 3 is 2.44 bits per heavy atom. The van der Waals surface area contributed by atoms with Crippen molar-refractivity contribution in [1.29, 1.82) is 0 Å². The Kier molecular flexibility index (Phi) is 7.54. The second-order valence-electron chi connectivity index (χ2n) is 8.01. The predicted molar refractivity (Wildman–Crippen MR) is 136 cm³/mol. The highest BCUT2D eigenvalue weighted by Crippen LogP contribution is 2.30.